The van der Waals surface area contributed by atoms with Crippen molar-refractivity contribution in [1.82, 2.24) is 0 Å². The average Bonchev–Trinajstić information content (AvgIpc) is 3.14. The largest absolute Gasteiger partial charge is 0.506 e. The maximum Gasteiger partial charge on any atom is 0.344 e. The van der Waals surface area contributed by atoms with E-state index in [-0.39, 0.29) is 24.5 Å². The van der Waals surface area contributed by atoms with Gasteiger partial charge in [-0.05, 0) is 50.3 Å². The fourth-order valence-corrected chi connectivity index (χ4v) is 3.99. The van der Waals surface area contributed by atoms with E-state index in [9.17, 15) is 14.7 Å². The Morgan fingerprint density at radius 3 is 2.44 bits per heavy atom. The lowest BCUT2D eigenvalue weighted by atomic mass is 10.1. The first-order chi connectivity index (χ1) is 16.5. The zero-order valence-electron chi connectivity index (χ0n) is 19.1. The van der Waals surface area contributed by atoms with Crippen LogP contribution in [0, 0.1) is 0 Å². The molecule has 34 heavy (non-hydrogen) atoms. The molecule has 3 rings (SSSR count). The highest BCUT2D eigenvalue weighted by molar-refractivity contribution is 8.18. The molecule has 1 N–H and O–H groups in total. The van der Waals surface area contributed by atoms with Crippen molar-refractivity contribution in [3.05, 3.63) is 70.3 Å². The number of benzene rings is 2. The van der Waals surface area contributed by atoms with Crippen LogP contribution in [-0.2, 0) is 19.1 Å². The maximum absolute atomic E-state index is 12.6. The van der Waals surface area contributed by atoms with Crippen LogP contribution in [0.25, 0.3) is 6.08 Å². The summed E-state index contributed by atoms with van der Waals surface area (Å²) in [5.41, 5.74) is 1.18. The molecule has 1 heterocycles. The van der Waals surface area contributed by atoms with Crippen molar-refractivity contribution in [2.45, 2.75) is 13.8 Å². The first-order valence-electron chi connectivity index (χ1n) is 10.6. The lowest BCUT2D eigenvalue weighted by Gasteiger charge is -2.08. The number of aliphatic hydroxyl groups excluding tert-OH is 1. The van der Waals surface area contributed by atoms with Crippen molar-refractivity contribution in [1.29, 1.82) is 0 Å². The van der Waals surface area contributed by atoms with E-state index in [4.69, 9.17) is 14.2 Å². The van der Waals surface area contributed by atoms with E-state index in [2.05, 4.69) is 9.73 Å². The number of hydrogen-bond acceptors (Lipinski definition) is 9. The number of ether oxygens (including phenoxy) is 4. The predicted molar refractivity (Wildman–Crippen MR) is 131 cm³/mol. The Labute approximate surface area is 201 Å². The van der Waals surface area contributed by atoms with E-state index >= 15 is 0 Å². The van der Waals surface area contributed by atoms with E-state index in [1.807, 2.05) is 6.92 Å². The van der Waals surface area contributed by atoms with E-state index in [0.29, 0.717) is 39.3 Å². The van der Waals surface area contributed by atoms with Crippen LogP contribution in [0.2, 0.25) is 0 Å². The molecule has 0 saturated heterocycles. The summed E-state index contributed by atoms with van der Waals surface area (Å²) in [6.07, 6.45) is 1.66. The van der Waals surface area contributed by atoms with E-state index in [1.54, 1.807) is 61.5 Å². The van der Waals surface area contributed by atoms with Crippen LogP contribution < -0.4 is 9.47 Å². The Kier molecular flexibility index (Phi) is 8.75. The predicted octanol–water partition coefficient (Wildman–Crippen LogP) is 4.83. The third kappa shape index (κ3) is 6.20. The summed E-state index contributed by atoms with van der Waals surface area (Å²) >= 11 is 1.13. The third-order valence-corrected chi connectivity index (χ3v) is 5.55. The molecule has 2 aromatic rings. The maximum atomic E-state index is 12.6. The first kappa shape index (κ1) is 24.9. The lowest BCUT2D eigenvalue weighted by molar-refractivity contribution is -0.143. The Morgan fingerprint density at radius 2 is 1.76 bits per heavy atom. The van der Waals surface area contributed by atoms with Gasteiger partial charge in [0.2, 0.25) is 0 Å². The monoisotopic (exact) mass is 483 g/mol. The fourth-order valence-electron chi connectivity index (χ4n) is 2.96. The summed E-state index contributed by atoms with van der Waals surface area (Å²) in [6, 6.07) is 14.1. The molecule has 0 aromatic heterocycles. The van der Waals surface area contributed by atoms with Gasteiger partial charge in [-0.2, -0.15) is 0 Å². The number of methoxy groups -OCH3 is 1. The van der Waals surface area contributed by atoms with Crippen molar-refractivity contribution < 1.29 is 33.6 Å². The number of hydrogen-bond donors (Lipinski definition) is 1. The van der Waals surface area contributed by atoms with Gasteiger partial charge >= 0.3 is 11.9 Å². The van der Waals surface area contributed by atoms with Crippen LogP contribution in [0.5, 0.6) is 11.5 Å². The number of carbonyl (C=O) groups is 2. The summed E-state index contributed by atoms with van der Waals surface area (Å²) in [5, 5.41) is 11.2. The topological polar surface area (TPSA) is 104 Å². The van der Waals surface area contributed by atoms with Gasteiger partial charge in [-0.1, -0.05) is 30.0 Å². The number of rotatable bonds is 9. The summed E-state index contributed by atoms with van der Waals surface area (Å²) < 4.78 is 20.7. The molecule has 0 aliphatic carbocycles. The Bertz CT molecular complexity index is 1140. The number of aliphatic imine (C=N–C) groups is 1. The van der Waals surface area contributed by atoms with Crippen LogP contribution in [0.1, 0.15) is 19.4 Å². The van der Waals surface area contributed by atoms with Gasteiger partial charge in [0.15, 0.2) is 6.61 Å². The number of carbonyl (C=O) groups excluding carboxylic acids is 2. The smallest absolute Gasteiger partial charge is 0.344 e. The molecule has 0 fully saturated rings. The van der Waals surface area contributed by atoms with Gasteiger partial charge in [-0.15, -0.1) is 0 Å². The Balaban J connectivity index is 1.96. The lowest BCUT2D eigenvalue weighted by Crippen LogP contribution is -2.13. The summed E-state index contributed by atoms with van der Waals surface area (Å²) in [7, 11) is 1.28. The van der Waals surface area contributed by atoms with Crippen LogP contribution in [0.15, 0.2) is 69.8 Å². The average molecular weight is 484 g/mol. The number of esters is 2. The van der Waals surface area contributed by atoms with Crippen molar-refractivity contribution >= 4 is 40.5 Å². The fraction of sp³-hybridized carbons (Fsp3) is 0.240. The van der Waals surface area contributed by atoms with Crippen molar-refractivity contribution in [3.63, 3.8) is 0 Å². The first-order valence-corrected chi connectivity index (χ1v) is 11.4. The quantitative estimate of drug-likeness (QED) is 0.506. The van der Waals surface area contributed by atoms with Gasteiger partial charge in [-0.25, -0.2) is 14.6 Å². The minimum absolute atomic E-state index is 0.0139. The summed E-state index contributed by atoms with van der Waals surface area (Å²) in [4.78, 5) is 29.0. The molecular weight excluding hydrogens is 458 g/mol. The molecule has 0 bridgehead atoms. The molecule has 0 saturated carbocycles. The number of nitrogens with zero attached hydrogens (tertiary/aromatic N) is 1. The number of aliphatic hydroxyl groups is 1. The van der Waals surface area contributed by atoms with E-state index in [1.165, 1.54) is 7.11 Å². The highest BCUT2D eigenvalue weighted by Crippen LogP contribution is 2.41. The number of thioether (sulfide) groups is 1. The second-order valence-electron chi connectivity index (χ2n) is 6.80. The highest BCUT2D eigenvalue weighted by Gasteiger charge is 2.33. The molecule has 2 aromatic carbocycles. The molecule has 0 spiro atoms. The molecule has 9 heteroatoms. The van der Waals surface area contributed by atoms with E-state index < -0.39 is 11.9 Å². The second-order valence-corrected chi connectivity index (χ2v) is 7.83. The van der Waals surface area contributed by atoms with Crippen molar-refractivity contribution in [2.24, 2.45) is 4.99 Å². The molecule has 0 unspecified atom stereocenters. The molecule has 1 aliphatic heterocycles. The minimum atomic E-state index is -0.671. The van der Waals surface area contributed by atoms with Gasteiger partial charge < -0.3 is 24.1 Å². The van der Waals surface area contributed by atoms with Crippen molar-refractivity contribution in [3.8, 4) is 11.5 Å². The van der Waals surface area contributed by atoms with Crippen LogP contribution in [0.4, 0.5) is 5.69 Å². The van der Waals surface area contributed by atoms with Gasteiger partial charge in [-0.3, -0.25) is 0 Å². The van der Waals surface area contributed by atoms with Crippen LogP contribution >= 0.6 is 11.8 Å². The summed E-state index contributed by atoms with van der Waals surface area (Å²) in [5.74, 6) is -0.302. The van der Waals surface area contributed by atoms with Crippen LogP contribution in [-0.4, -0.2) is 49.0 Å². The Morgan fingerprint density at radius 1 is 1.03 bits per heavy atom. The Hall–Kier alpha value is -3.72. The molecule has 178 valence electrons. The minimum Gasteiger partial charge on any atom is -0.506 e. The van der Waals surface area contributed by atoms with Crippen LogP contribution in [0.3, 0.4) is 0 Å². The highest BCUT2D eigenvalue weighted by atomic mass is 32.2. The van der Waals surface area contributed by atoms with Gasteiger partial charge in [0.05, 0.1) is 30.9 Å². The molecule has 0 atom stereocenters. The molecular formula is C25H25NO7S. The third-order valence-electron chi connectivity index (χ3n) is 4.53. The zero-order valence-corrected chi connectivity index (χ0v) is 19.9. The van der Waals surface area contributed by atoms with Crippen molar-refractivity contribution in [2.75, 3.05) is 26.9 Å². The molecule has 8 nitrogen and oxygen atoms in total. The van der Waals surface area contributed by atoms with Gasteiger partial charge in [0, 0.05) is 5.56 Å². The van der Waals surface area contributed by atoms with Gasteiger partial charge in [0.1, 0.15) is 27.9 Å². The molecule has 0 amide bonds. The zero-order chi connectivity index (χ0) is 24.5. The number of para-hydroxylation sites is 1. The standard InChI is InChI=1S/C25H25NO7S/c1-4-31-18-12-10-17(11-13-18)26-24-22(25(29)32-5-2)23(28)20(34-24)14-16-8-6-7-9-19(16)33-15-21(27)30-3/h6-14,28H,4-5,15H2,1-3H3. The molecule has 1 aliphatic rings. The molecule has 0 radical (unpaired) electrons. The second kappa shape index (κ2) is 11.9. The van der Waals surface area contributed by atoms with Gasteiger partial charge in [0.25, 0.3) is 0 Å². The normalized spacial score (nSPS) is 15.5. The SMILES string of the molecule is CCOC(=O)C1=C(O)C(=Cc2ccccc2OCC(=O)OC)SC1=Nc1ccc(OCC)cc1. The van der Waals surface area contributed by atoms with E-state index in [0.717, 1.165) is 11.8 Å². The summed E-state index contributed by atoms with van der Waals surface area (Å²) in [6.45, 7) is 4.03.